The molecular weight excluding hydrogens is 302 g/mol. The van der Waals surface area contributed by atoms with Crippen molar-refractivity contribution in [2.24, 2.45) is 5.92 Å². The van der Waals surface area contributed by atoms with Crippen LogP contribution in [-0.4, -0.2) is 47.0 Å². The molecule has 5 heteroatoms. The molecule has 0 N–H and O–H groups in total. The van der Waals surface area contributed by atoms with Gasteiger partial charge in [0.1, 0.15) is 0 Å². The summed E-state index contributed by atoms with van der Waals surface area (Å²) in [6, 6.07) is 2.43. The normalized spacial score (nSPS) is 23.7. The molecule has 5 nitrogen and oxygen atoms in total. The Hall–Kier alpha value is -1.36. The lowest BCUT2D eigenvalue weighted by Gasteiger charge is -2.29. The largest absolute Gasteiger partial charge is 0.360 e. The van der Waals surface area contributed by atoms with Gasteiger partial charge in [0.2, 0.25) is 5.91 Å². The van der Waals surface area contributed by atoms with Crippen molar-refractivity contribution >= 4 is 5.91 Å². The number of hydrogen-bond acceptors (Lipinski definition) is 4. The van der Waals surface area contributed by atoms with Gasteiger partial charge in [-0.2, -0.15) is 0 Å². The van der Waals surface area contributed by atoms with Crippen molar-refractivity contribution in [3.8, 4) is 0 Å². The smallest absolute Gasteiger partial charge is 0.222 e. The zero-order valence-electron chi connectivity index (χ0n) is 15.2. The first-order valence-electron chi connectivity index (χ1n) is 9.52. The van der Waals surface area contributed by atoms with Crippen LogP contribution in [0.1, 0.15) is 62.8 Å². The van der Waals surface area contributed by atoms with E-state index in [1.807, 2.05) is 13.0 Å². The van der Waals surface area contributed by atoms with Crippen molar-refractivity contribution in [3.05, 3.63) is 17.5 Å². The highest BCUT2D eigenvalue weighted by molar-refractivity contribution is 5.76. The highest BCUT2D eigenvalue weighted by Gasteiger charge is 2.27. The summed E-state index contributed by atoms with van der Waals surface area (Å²) in [7, 11) is 2.13. The zero-order chi connectivity index (χ0) is 16.9. The number of rotatable bonds is 5. The van der Waals surface area contributed by atoms with E-state index in [4.69, 9.17) is 4.52 Å². The van der Waals surface area contributed by atoms with Gasteiger partial charge in [0.05, 0.1) is 12.2 Å². The molecule has 2 fully saturated rings. The Balaban J connectivity index is 1.52. The SMILES string of the molecule is Cc1cc(CN(C)[C@H]2CCC(=O)N(CC3CCCCC3)CC2)on1. The highest BCUT2D eigenvalue weighted by Crippen LogP contribution is 2.26. The van der Waals surface area contributed by atoms with E-state index in [1.165, 1.54) is 32.1 Å². The van der Waals surface area contributed by atoms with Crippen LogP contribution in [0.3, 0.4) is 0 Å². The molecule has 1 aliphatic carbocycles. The van der Waals surface area contributed by atoms with E-state index in [2.05, 4.69) is 22.0 Å². The fourth-order valence-electron chi connectivity index (χ4n) is 4.20. The van der Waals surface area contributed by atoms with E-state index in [0.717, 1.165) is 49.8 Å². The molecule has 1 aromatic rings. The molecule has 134 valence electrons. The Morgan fingerprint density at radius 1 is 1.25 bits per heavy atom. The highest BCUT2D eigenvalue weighted by atomic mass is 16.5. The second kappa shape index (κ2) is 8.15. The van der Waals surface area contributed by atoms with E-state index >= 15 is 0 Å². The van der Waals surface area contributed by atoms with Crippen molar-refractivity contribution in [1.29, 1.82) is 0 Å². The van der Waals surface area contributed by atoms with Gasteiger partial charge < -0.3 is 9.42 Å². The minimum atomic E-state index is 0.354. The third-order valence-electron chi connectivity index (χ3n) is 5.69. The Bertz CT molecular complexity index is 536. The molecule has 1 aromatic heterocycles. The summed E-state index contributed by atoms with van der Waals surface area (Å²) in [5.74, 6) is 1.99. The van der Waals surface area contributed by atoms with E-state index in [0.29, 0.717) is 18.4 Å². The maximum Gasteiger partial charge on any atom is 0.222 e. The average molecular weight is 333 g/mol. The Kier molecular flexibility index (Phi) is 5.93. The third-order valence-corrected chi connectivity index (χ3v) is 5.69. The van der Waals surface area contributed by atoms with Crippen LogP contribution in [0.4, 0.5) is 0 Å². The summed E-state index contributed by atoms with van der Waals surface area (Å²) in [4.78, 5) is 17.0. The van der Waals surface area contributed by atoms with Gasteiger partial charge in [-0.1, -0.05) is 24.4 Å². The molecule has 3 rings (SSSR count). The van der Waals surface area contributed by atoms with Crippen LogP contribution in [0.25, 0.3) is 0 Å². The number of carbonyl (C=O) groups excluding carboxylic acids is 1. The zero-order valence-corrected chi connectivity index (χ0v) is 15.2. The molecular formula is C19H31N3O2. The predicted molar refractivity (Wildman–Crippen MR) is 93.5 cm³/mol. The number of aromatic nitrogens is 1. The van der Waals surface area contributed by atoms with Crippen molar-refractivity contribution < 1.29 is 9.32 Å². The van der Waals surface area contributed by atoms with Gasteiger partial charge >= 0.3 is 0 Å². The Morgan fingerprint density at radius 3 is 2.75 bits per heavy atom. The van der Waals surface area contributed by atoms with Gasteiger partial charge in [-0.3, -0.25) is 9.69 Å². The number of carbonyl (C=O) groups is 1. The van der Waals surface area contributed by atoms with Crippen molar-refractivity contribution in [1.82, 2.24) is 15.0 Å². The maximum absolute atomic E-state index is 12.5. The van der Waals surface area contributed by atoms with Crippen LogP contribution in [0, 0.1) is 12.8 Å². The molecule has 24 heavy (non-hydrogen) atoms. The first-order chi connectivity index (χ1) is 11.6. The summed E-state index contributed by atoms with van der Waals surface area (Å²) in [6.07, 6.45) is 9.35. The molecule has 1 saturated heterocycles. The standard InChI is InChI=1S/C19H31N3O2/c1-15-12-18(24-20-15)14-21(2)17-8-9-19(23)22(11-10-17)13-16-6-4-3-5-7-16/h12,16-17H,3-11,13-14H2,1-2H3/t17-/m0/s1. The molecule has 1 saturated carbocycles. The van der Waals surface area contributed by atoms with Crippen LogP contribution < -0.4 is 0 Å². The molecule has 2 heterocycles. The summed E-state index contributed by atoms with van der Waals surface area (Å²) >= 11 is 0. The molecule has 2 aliphatic rings. The lowest BCUT2D eigenvalue weighted by molar-refractivity contribution is -0.131. The quantitative estimate of drug-likeness (QED) is 0.829. The second-order valence-electron chi connectivity index (χ2n) is 7.67. The lowest BCUT2D eigenvalue weighted by Crippen LogP contribution is -2.36. The van der Waals surface area contributed by atoms with Crippen molar-refractivity contribution in [2.45, 2.75) is 70.9 Å². The van der Waals surface area contributed by atoms with Crippen LogP contribution in [0.5, 0.6) is 0 Å². The number of nitrogens with zero attached hydrogens (tertiary/aromatic N) is 3. The lowest BCUT2D eigenvalue weighted by atomic mass is 9.89. The maximum atomic E-state index is 12.5. The van der Waals surface area contributed by atoms with Gasteiger partial charge in [0.25, 0.3) is 0 Å². The van der Waals surface area contributed by atoms with Gasteiger partial charge in [-0.25, -0.2) is 0 Å². The average Bonchev–Trinajstić information content (AvgIpc) is 2.89. The van der Waals surface area contributed by atoms with E-state index in [-0.39, 0.29) is 0 Å². The molecule has 0 radical (unpaired) electrons. The summed E-state index contributed by atoms with van der Waals surface area (Å²) in [5, 5.41) is 3.96. The minimum absolute atomic E-state index is 0.354. The molecule has 1 atom stereocenters. The fourth-order valence-corrected chi connectivity index (χ4v) is 4.20. The molecule has 0 aromatic carbocycles. The number of hydrogen-bond donors (Lipinski definition) is 0. The summed E-state index contributed by atoms with van der Waals surface area (Å²) in [6.45, 7) is 4.60. The van der Waals surface area contributed by atoms with Gasteiger partial charge in [-0.05, 0) is 45.6 Å². The molecule has 0 spiro atoms. The van der Waals surface area contributed by atoms with Gasteiger partial charge in [0.15, 0.2) is 5.76 Å². The van der Waals surface area contributed by atoms with Crippen LogP contribution in [0.15, 0.2) is 10.6 Å². The second-order valence-corrected chi connectivity index (χ2v) is 7.67. The number of amides is 1. The van der Waals surface area contributed by atoms with Gasteiger partial charge in [-0.15, -0.1) is 0 Å². The number of aryl methyl sites for hydroxylation is 1. The molecule has 0 bridgehead atoms. The van der Waals surface area contributed by atoms with E-state index in [9.17, 15) is 4.79 Å². The van der Waals surface area contributed by atoms with Crippen LogP contribution >= 0.6 is 0 Å². The van der Waals surface area contributed by atoms with E-state index < -0.39 is 0 Å². The van der Waals surface area contributed by atoms with Crippen LogP contribution in [0.2, 0.25) is 0 Å². The van der Waals surface area contributed by atoms with E-state index in [1.54, 1.807) is 0 Å². The van der Waals surface area contributed by atoms with Crippen molar-refractivity contribution in [2.75, 3.05) is 20.1 Å². The predicted octanol–water partition coefficient (Wildman–Crippen LogP) is 3.38. The van der Waals surface area contributed by atoms with Crippen LogP contribution in [-0.2, 0) is 11.3 Å². The first kappa shape index (κ1) is 17.5. The Morgan fingerprint density at radius 2 is 2.04 bits per heavy atom. The third kappa shape index (κ3) is 4.59. The molecule has 1 aliphatic heterocycles. The Labute approximate surface area is 145 Å². The summed E-state index contributed by atoms with van der Waals surface area (Å²) < 4.78 is 5.33. The minimum Gasteiger partial charge on any atom is -0.360 e. The first-order valence-corrected chi connectivity index (χ1v) is 9.52. The summed E-state index contributed by atoms with van der Waals surface area (Å²) in [5.41, 5.74) is 0.924. The molecule has 1 amide bonds. The fraction of sp³-hybridized carbons (Fsp3) is 0.789. The topological polar surface area (TPSA) is 49.6 Å². The monoisotopic (exact) mass is 333 g/mol. The number of likely N-dealkylation sites (tertiary alicyclic amines) is 1. The van der Waals surface area contributed by atoms with Crippen molar-refractivity contribution in [3.63, 3.8) is 0 Å². The molecule has 0 unspecified atom stereocenters. The van der Waals surface area contributed by atoms with Gasteiger partial charge in [0, 0.05) is 31.6 Å².